The summed E-state index contributed by atoms with van der Waals surface area (Å²) in [6.07, 6.45) is -2.56. The largest absolute Gasteiger partial charge is 0.573 e. The molecule has 0 saturated carbocycles. The van der Waals surface area contributed by atoms with E-state index in [1.807, 2.05) is 13.8 Å². The Morgan fingerprint density at radius 2 is 2.00 bits per heavy atom. The predicted octanol–water partition coefficient (Wildman–Crippen LogP) is 3.29. The van der Waals surface area contributed by atoms with Crippen molar-refractivity contribution in [2.24, 2.45) is 10.9 Å². The third-order valence-corrected chi connectivity index (χ3v) is 1.46. The van der Waals surface area contributed by atoms with Crippen LogP contribution >= 0.6 is 0 Å². The number of alkyl halides is 3. The Kier molecular flexibility index (Phi) is 6.38. The van der Waals surface area contributed by atoms with Crippen LogP contribution in [0.4, 0.5) is 13.2 Å². The van der Waals surface area contributed by atoms with Crippen molar-refractivity contribution < 1.29 is 22.6 Å². The fourth-order valence-electron chi connectivity index (χ4n) is 0.872. The topological polar surface area (TPSA) is 30.8 Å². The van der Waals surface area contributed by atoms with Crippen LogP contribution in [0.2, 0.25) is 0 Å². The van der Waals surface area contributed by atoms with Gasteiger partial charge >= 0.3 is 6.36 Å². The van der Waals surface area contributed by atoms with Gasteiger partial charge in [0.2, 0.25) is 0 Å². The van der Waals surface area contributed by atoms with E-state index in [0.717, 1.165) is 6.08 Å². The zero-order valence-corrected chi connectivity index (χ0v) is 10.0. The summed E-state index contributed by atoms with van der Waals surface area (Å²) in [5, 5.41) is 0. The fourth-order valence-corrected chi connectivity index (χ4v) is 0.872. The van der Waals surface area contributed by atoms with E-state index in [1.165, 1.54) is 13.1 Å². The summed E-state index contributed by atoms with van der Waals surface area (Å²) in [5.41, 5.74) is 0. The fraction of sp³-hybridized carbons (Fsp3) is 0.545. The molecular formula is C11H16F3NO2. The molecular weight excluding hydrogens is 235 g/mol. The van der Waals surface area contributed by atoms with E-state index in [0.29, 0.717) is 0 Å². The van der Waals surface area contributed by atoms with Gasteiger partial charge in [0, 0.05) is 7.05 Å². The molecule has 3 nitrogen and oxygen atoms in total. The second kappa shape index (κ2) is 6.98. The summed E-state index contributed by atoms with van der Waals surface area (Å²) in [6.45, 7) is 7.30. The molecule has 0 rings (SSSR count). The minimum atomic E-state index is -4.79. The first-order valence-corrected chi connectivity index (χ1v) is 4.98. The third kappa shape index (κ3) is 7.43. The Hall–Kier alpha value is -1.46. The van der Waals surface area contributed by atoms with Crippen LogP contribution in [-0.2, 0) is 9.47 Å². The molecule has 0 spiro atoms. The molecule has 0 aliphatic heterocycles. The molecule has 0 radical (unpaired) electrons. The summed E-state index contributed by atoms with van der Waals surface area (Å²) in [7, 11) is 1.33. The molecule has 0 heterocycles. The normalized spacial score (nSPS) is 13.8. The van der Waals surface area contributed by atoms with Crippen molar-refractivity contribution in [2.75, 3.05) is 13.7 Å². The highest BCUT2D eigenvalue weighted by atomic mass is 19.4. The minimum Gasteiger partial charge on any atom is -0.475 e. The van der Waals surface area contributed by atoms with Gasteiger partial charge in [0.1, 0.15) is 0 Å². The molecule has 0 atom stereocenters. The number of nitrogens with zero attached hydrogens (tertiary/aromatic N) is 1. The summed E-state index contributed by atoms with van der Waals surface area (Å²) in [6, 6.07) is 0. The minimum absolute atomic E-state index is 0.169. The van der Waals surface area contributed by atoms with Crippen molar-refractivity contribution in [3.63, 3.8) is 0 Å². The maximum absolute atomic E-state index is 12.1. The van der Waals surface area contributed by atoms with Crippen molar-refractivity contribution in [3.8, 4) is 0 Å². The molecule has 98 valence electrons. The average Bonchev–Trinajstić information content (AvgIpc) is 2.16. The maximum Gasteiger partial charge on any atom is 0.573 e. The lowest BCUT2D eigenvalue weighted by molar-refractivity contribution is -0.302. The number of rotatable bonds is 5. The Balaban J connectivity index is 4.79. The van der Waals surface area contributed by atoms with E-state index in [9.17, 15) is 13.2 Å². The number of ether oxygens (including phenoxy) is 2. The van der Waals surface area contributed by atoms with Crippen LogP contribution < -0.4 is 0 Å². The number of halogens is 3. The molecule has 0 unspecified atom stereocenters. The Morgan fingerprint density at radius 3 is 2.35 bits per heavy atom. The molecule has 0 aromatic heterocycles. The Labute approximate surface area is 98.6 Å². The molecule has 0 fully saturated rings. The van der Waals surface area contributed by atoms with E-state index < -0.39 is 12.1 Å². The van der Waals surface area contributed by atoms with Gasteiger partial charge in [-0.1, -0.05) is 26.5 Å². The summed E-state index contributed by atoms with van der Waals surface area (Å²) in [5.74, 6) is -0.533. The van der Waals surface area contributed by atoms with Crippen LogP contribution in [-0.4, -0.2) is 25.9 Å². The van der Waals surface area contributed by atoms with Gasteiger partial charge < -0.3 is 9.47 Å². The molecule has 17 heavy (non-hydrogen) atoms. The molecule has 0 aromatic rings. The highest BCUT2D eigenvalue weighted by Gasteiger charge is 2.33. The van der Waals surface area contributed by atoms with Gasteiger partial charge in [-0.15, -0.1) is 13.2 Å². The quantitative estimate of drug-likeness (QED) is 0.325. The van der Waals surface area contributed by atoms with Crippen molar-refractivity contribution in [3.05, 3.63) is 24.5 Å². The lowest BCUT2D eigenvalue weighted by Crippen LogP contribution is -2.21. The molecule has 6 heteroatoms. The number of hydrogen-bond acceptors (Lipinski definition) is 3. The van der Waals surface area contributed by atoms with Gasteiger partial charge in [0.15, 0.2) is 5.76 Å². The SMILES string of the molecule is C=C/C=C(/OC(F)(F)F)C(=NC)OCC(C)C. The maximum atomic E-state index is 12.1. The van der Waals surface area contributed by atoms with Crippen LogP contribution in [0.25, 0.3) is 0 Å². The van der Waals surface area contributed by atoms with Gasteiger partial charge in [0.25, 0.3) is 5.90 Å². The smallest absolute Gasteiger partial charge is 0.475 e. The van der Waals surface area contributed by atoms with E-state index in [4.69, 9.17) is 4.74 Å². The molecule has 0 bridgehead atoms. The zero-order chi connectivity index (χ0) is 13.5. The first-order chi connectivity index (χ1) is 7.80. The van der Waals surface area contributed by atoms with Gasteiger partial charge in [-0.3, -0.25) is 4.99 Å². The highest BCUT2D eigenvalue weighted by Crippen LogP contribution is 2.22. The molecule has 0 aromatic carbocycles. The van der Waals surface area contributed by atoms with Crippen LogP contribution in [0.3, 0.4) is 0 Å². The lowest BCUT2D eigenvalue weighted by Gasteiger charge is -2.15. The Morgan fingerprint density at radius 1 is 1.41 bits per heavy atom. The average molecular weight is 251 g/mol. The second-order valence-corrected chi connectivity index (χ2v) is 3.55. The van der Waals surface area contributed by atoms with Crippen LogP contribution in [0, 0.1) is 5.92 Å². The molecule has 0 aliphatic carbocycles. The van der Waals surface area contributed by atoms with E-state index in [2.05, 4.69) is 16.3 Å². The van der Waals surface area contributed by atoms with Crippen LogP contribution in [0.15, 0.2) is 29.5 Å². The van der Waals surface area contributed by atoms with Gasteiger partial charge in [-0.25, -0.2) is 0 Å². The second-order valence-electron chi connectivity index (χ2n) is 3.55. The van der Waals surface area contributed by atoms with E-state index in [1.54, 1.807) is 0 Å². The van der Waals surface area contributed by atoms with Gasteiger partial charge in [-0.2, -0.15) is 0 Å². The molecule has 0 aliphatic rings. The third-order valence-electron chi connectivity index (χ3n) is 1.46. The number of allylic oxidation sites excluding steroid dienone is 2. The molecule has 0 N–H and O–H groups in total. The van der Waals surface area contributed by atoms with Crippen molar-refractivity contribution in [1.29, 1.82) is 0 Å². The van der Waals surface area contributed by atoms with Crippen LogP contribution in [0.1, 0.15) is 13.8 Å². The van der Waals surface area contributed by atoms with Gasteiger partial charge in [0.05, 0.1) is 6.61 Å². The highest BCUT2D eigenvalue weighted by molar-refractivity contribution is 5.91. The first kappa shape index (κ1) is 15.5. The lowest BCUT2D eigenvalue weighted by atomic mass is 10.2. The first-order valence-electron chi connectivity index (χ1n) is 4.98. The number of aliphatic imine (C=N–C) groups is 1. The molecule has 0 saturated heterocycles. The number of hydrogen-bond donors (Lipinski definition) is 0. The van der Waals surface area contributed by atoms with Crippen molar-refractivity contribution in [2.45, 2.75) is 20.2 Å². The van der Waals surface area contributed by atoms with Gasteiger partial charge in [-0.05, 0) is 12.0 Å². The van der Waals surface area contributed by atoms with Crippen LogP contribution in [0.5, 0.6) is 0 Å². The molecule has 0 amide bonds. The van der Waals surface area contributed by atoms with E-state index >= 15 is 0 Å². The Bertz CT molecular complexity index is 306. The summed E-state index contributed by atoms with van der Waals surface area (Å²) >= 11 is 0. The summed E-state index contributed by atoms with van der Waals surface area (Å²) < 4.78 is 45.3. The standard InChI is InChI=1S/C11H16F3NO2/c1-5-6-9(17-11(12,13)14)10(15-4)16-7-8(2)3/h5-6,8H,1,7H2,2-4H3/b9-6+,15-10?. The zero-order valence-electron chi connectivity index (χ0n) is 10.0. The van der Waals surface area contributed by atoms with E-state index in [-0.39, 0.29) is 18.4 Å². The van der Waals surface area contributed by atoms with Crippen molar-refractivity contribution >= 4 is 5.90 Å². The van der Waals surface area contributed by atoms with Crippen molar-refractivity contribution in [1.82, 2.24) is 0 Å². The monoisotopic (exact) mass is 251 g/mol. The predicted molar refractivity (Wildman–Crippen MR) is 59.6 cm³/mol. The summed E-state index contributed by atoms with van der Waals surface area (Å²) in [4.78, 5) is 3.62.